The lowest BCUT2D eigenvalue weighted by Gasteiger charge is -2.09. The largest absolute Gasteiger partial charge is 0.496 e. The molecule has 0 saturated carbocycles. The fraction of sp³-hybridized carbons (Fsp3) is 0.200. The maximum Gasteiger partial charge on any atom is 0.329 e. The van der Waals surface area contributed by atoms with Crippen molar-refractivity contribution in [2.75, 3.05) is 20.3 Å². The highest BCUT2D eigenvalue weighted by Gasteiger charge is 2.13. The van der Waals surface area contributed by atoms with Crippen LogP contribution in [0.3, 0.4) is 0 Å². The summed E-state index contributed by atoms with van der Waals surface area (Å²) >= 11 is 0. The van der Waals surface area contributed by atoms with Gasteiger partial charge in [0.1, 0.15) is 19.0 Å². The Morgan fingerprint density at radius 2 is 1.75 bits per heavy atom. The van der Waals surface area contributed by atoms with Crippen molar-refractivity contribution in [1.29, 1.82) is 0 Å². The minimum atomic E-state index is -1.10. The number of hydrogen-bond donors (Lipinski definition) is 1. The summed E-state index contributed by atoms with van der Waals surface area (Å²) in [6, 6.07) is 10.8. The van der Waals surface area contributed by atoms with Gasteiger partial charge in [0.15, 0.2) is 5.78 Å². The summed E-state index contributed by atoms with van der Waals surface area (Å²) in [5.41, 5.74) is 0.492. The Labute approximate surface area is 115 Å². The van der Waals surface area contributed by atoms with Crippen LogP contribution in [-0.4, -0.2) is 37.2 Å². The molecule has 0 aromatic heterocycles. The van der Waals surface area contributed by atoms with Gasteiger partial charge in [-0.3, -0.25) is 4.79 Å². The van der Waals surface area contributed by atoms with Crippen LogP contribution in [0.1, 0.15) is 10.4 Å². The lowest BCUT2D eigenvalue weighted by molar-refractivity contribution is -0.141. The van der Waals surface area contributed by atoms with E-state index in [1.165, 1.54) is 0 Å². The molecule has 104 valence electrons. The number of carboxylic acid groups (broad SMARTS) is 1. The van der Waals surface area contributed by atoms with Crippen molar-refractivity contribution in [3.05, 3.63) is 42.0 Å². The first kappa shape index (κ1) is 14.0. The number of benzene rings is 2. The Morgan fingerprint density at radius 3 is 2.40 bits per heavy atom. The summed E-state index contributed by atoms with van der Waals surface area (Å²) < 4.78 is 10.1. The molecule has 0 aliphatic carbocycles. The van der Waals surface area contributed by atoms with E-state index in [1.807, 2.05) is 24.3 Å². The zero-order valence-corrected chi connectivity index (χ0v) is 11.0. The van der Waals surface area contributed by atoms with E-state index in [2.05, 4.69) is 0 Å². The quantitative estimate of drug-likeness (QED) is 0.817. The third kappa shape index (κ3) is 2.95. The second-order valence-electron chi connectivity index (χ2n) is 4.17. The van der Waals surface area contributed by atoms with Gasteiger partial charge < -0.3 is 14.6 Å². The van der Waals surface area contributed by atoms with Gasteiger partial charge in [-0.25, -0.2) is 4.79 Å². The highest BCUT2D eigenvalue weighted by Crippen LogP contribution is 2.28. The van der Waals surface area contributed by atoms with Crippen molar-refractivity contribution >= 4 is 22.5 Å². The van der Waals surface area contributed by atoms with Gasteiger partial charge in [-0.05, 0) is 17.5 Å². The molecule has 0 atom stereocenters. The minimum absolute atomic E-state index is 0.259. The van der Waals surface area contributed by atoms with Gasteiger partial charge in [0, 0.05) is 10.9 Å². The van der Waals surface area contributed by atoms with E-state index in [9.17, 15) is 9.59 Å². The number of aliphatic carboxylic acids is 1. The number of ether oxygens (including phenoxy) is 2. The molecular weight excluding hydrogens is 260 g/mol. The molecule has 2 aromatic carbocycles. The van der Waals surface area contributed by atoms with E-state index in [4.69, 9.17) is 14.6 Å². The molecule has 2 aromatic rings. The number of fused-ring (bicyclic) bond motifs is 1. The van der Waals surface area contributed by atoms with E-state index in [0.717, 1.165) is 10.8 Å². The van der Waals surface area contributed by atoms with Crippen LogP contribution in [0.5, 0.6) is 5.75 Å². The first-order valence-corrected chi connectivity index (χ1v) is 6.02. The molecule has 20 heavy (non-hydrogen) atoms. The molecule has 1 N–H and O–H groups in total. The van der Waals surface area contributed by atoms with Gasteiger partial charge in [0.2, 0.25) is 0 Å². The molecule has 0 amide bonds. The van der Waals surface area contributed by atoms with Crippen LogP contribution < -0.4 is 4.74 Å². The summed E-state index contributed by atoms with van der Waals surface area (Å²) in [4.78, 5) is 22.4. The van der Waals surface area contributed by atoms with E-state index < -0.39 is 12.6 Å². The smallest absolute Gasteiger partial charge is 0.329 e. The van der Waals surface area contributed by atoms with Crippen LogP contribution in [0.25, 0.3) is 10.8 Å². The van der Waals surface area contributed by atoms with Gasteiger partial charge in [-0.2, -0.15) is 0 Å². The van der Waals surface area contributed by atoms with Crippen LogP contribution in [0.15, 0.2) is 36.4 Å². The highest BCUT2D eigenvalue weighted by atomic mass is 16.5. The lowest BCUT2D eigenvalue weighted by Crippen LogP contribution is -2.14. The zero-order chi connectivity index (χ0) is 14.5. The second-order valence-corrected chi connectivity index (χ2v) is 4.17. The topological polar surface area (TPSA) is 72.8 Å². The van der Waals surface area contributed by atoms with Crippen LogP contribution in [0.4, 0.5) is 0 Å². The van der Waals surface area contributed by atoms with Crippen molar-refractivity contribution in [3.63, 3.8) is 0 Å². The predicted octanol–water partition coefficient (Wildman–Crippen LogP) is 2.13. The molecule has 0 heterocycles. The van der Waals surface area contributed by atoms with Crippen molar-refractivity contribution in [3.8, 4) is 5.75 Å². The van der Waals surface area contributed by atoms with E-state index in [0.29, 0.717) is 11.3 Å². The standard InChI is InChI=1S/C15H14O5/c1-19-14-7-6-11(10-4-2-3-5-12(10)14)13(16)8-20-9-15(17)18/h2-7H,8-9H2,1H3,(H,17,18). The van der Waals surface area contributed by atoms with Crippen molar-refractivity contribution < 1.29 is 24.2 Å². The van der Waals surface area contributed by atoms with Gasteiger partial charge >= 0.3 is 5.97 Å². The molecule has 0 radical (unpaired) electrons. The Morgan fingerprint density at radius 1 is 1.05 bits per heavy atom. The number of hydrogen-bond acceptors (Lipinski definition) is 4. The second kappa shape index (κ2) is 6.16. The van der Waals surface area contributed by atoms with Crippen LogP contribution >= 0.6 is 0 Å². The molecule has 0 saturated heterocycles. The molecule has 0 bridgehead atoms. The molecular formula is C15H14O5. The van der Waals surface area contributed by atoms with Gasteiger partial charge in [-0.15, -0.1) is 0 Å². The maximum atomic E-state index is 12.1. The molecule has 5 heteroatoms. The van der Waals surface area contributed by atoms with Gasteiger partial charge in [0.05, 0.1) is 7.11 Å². The van der Waals surface area contributed by atoms with Gasteiger partial charge in [0.25, 0.3) is 0 Å². The Bertz CT molecular complexity index is 648. The van der Waals surface area contributed by atoms with Crippen LogP contribution in [0, 0.1) is 0 Å². The number of methoxy groups -OCH3 is 1. The SMILES string of the molecule is COc1ccc(C(=O)COCC(=O)O)c2ccccc12. The Kier molecular flexibility index (Phi) is 4.32. The molecule has 0 aliphatic heterocycles. The average molecular weight is 274 g/mol. The summed E-state index contributed by atoms with van der Waals surface area (Å²) in [5, 5.41) is 10.1. The maximum absolute atomic E-state index is 12.1. The zero-order valence-electron chi connectivity index (χ0n) is 11.0. The van der Waals surface area contributed by atoms with Crippen molar-refractivity contribution in [2.24, 2.45) is 0 Å². The predicted molar refractivity (Wildman–Crippen MR) is 73.3 cm³/mol. The Balaban J connectivity index is 2.30. The number of Topliss-reactive ketones (excluding diaryl/α,β-unsaturated/α-hetero) is 1. The van der Waals surface area contributed by atoms with Crippen LogP contribution in [-0.2, 0) is 9.53 Å². The first-order valence-electron chi connectivity index (χ1n) is 6.02. The lowest BCUT2D eigenvalue weighted by atomic mass is 10.0. The molecule has 0 spiro atoms. The van der Waals surface area contributed by atoms with E-state index in [-0.39, 0.29) is 12.4 Å². The number of carbonyl (C=O) groups is 2. The summed E-state index contributed by atoms with van der Waals surface area (Å²) in [6.07, 6.45) is 0. The fourth-order valence-electron chi connectivity index (χ4n) is 2.00. The molecule has 0 fully saturated rings. The third-order valence-electron chi connectivity index (χ3n) is 2.86. The molecule has 5 nitrogen and oxygen atoms in total. The number of ketones is 1. The monoisotopic (exact) mass is 274 g/mol. The number of rotatable bonds is 6. The van der Waals surface area contributed by atoms with Crippen molar-refractivity contribution in [2.45, 2.75) is 0 Å². The molecule has 0 unspecified atom stereocenters. The van der Waals surface area contributed by atoms with Crippen molar-refractivity contribution in [1.82, 2.24) is 0 Å². The molecule has 0 aliphatic rings. The average Bonchev–Trinajstić information content (AvgIpc) is 2.45. The summed E-state index contributed by atoms with van der Waals surface area (Å²) in [6.45, 7) is -0.748. The molecule has 2 rings (SSSR count). The van der Waals surface area contributed by atoms with Gasteiger partial charge in [-0.1, -0.05) is 24.3 Å². The highest BCUT2D eigenvalue weighted by molar-refractivity contribution is 6.10. The first-order chi connectivity index (χ1) is 9.63. The number of carbonyl (C=O) groups excluding carboxylic acids is 1. The fourth-order valence-corrected chi connectivity index (χ4v) is 2.00. The van der Waals surface area contributed by atoms with E-state index >= 15 is 0 Å². The number of carboxylic acids is 1. The summed E-state index contributed by atoms with van der Waals surface area (Å²) in [5.74, 6) is -0.675. The third-order valence-corrected chi connectivity index (χ3v) is 2.86. The van der Waals surface area contributed by atoms with Crippen LogP contribution in [0.2, 0.25) is 0 Å². The van der Waals surface area contributed by atoms with E-state index in [1.54, 1.807) is 19.2 Å². The summed E-state index contributed by atoms with van der Waals surface area (Å²) in [7, 11) is 1.57. The minimum Gasteiger partial charge on any atom is -0.496 e. The normalized spacial score (nSPS) is 10.4. The Hall–Kier alpha value is -2.40.